The second-order valence-corrected chi connectivity index (χ2v) is 8.34. The van der Waals surface area contributed by atoms with Crippen molar-refractivity contribution in [1.82, 2.24) is 19.6 Å². The van der Waals surface area contributed by atoms with Crippen LogP contribution in [0.5, 0.6) is 0 Å². The molecule has 3 unspecified atom stereocenters. The minimum absolute atomic E-state index is 0.720. The molecule has 5 atom stereocenters. The average molecular weight is 309 g/mol. The average Bonchev–Trinajstić information content (AvgIpc) is 3.01. The van der Waals surface area contributed by atoms with Crippen LogP contribution in [0.1, 0.15) is 39.5 Å². The number of piperazine rings is 1. The van der Waals surface area contributed by atoms with Gasteiger partial charge >= 0.3 is 0 Å². The van der Waals surface area contributed by atoms with Crippen LogP contribution in [0.3, 0.4) is 0 Å². The van der Waals surface area contributed by atoms with E-state index in [4.69, 9.17) is 0 Å². The molecule has 3 fully saturated rings. The van der Waals surface area contributed by atoms with Crippen LogP contribution in [0.4, 0.5) is 0 Å². The van der Waals surface area contributed by atoms with Crippen LogP contribution >= 0.6 is 0 Å². The molecule has 3 rings (SSSR count). The summed E-state index contributed by atoms with van der Waals surface area (Å²) in [4.78, 5) is 10.5. The Morgan fingerprint density at radius 1 is 0.909 bits per heavy atom. The SMILES string of the molecule is C[C@H](C[C@H](C)N1CC2CCC(C1)N2C)N1CCC(N(C)C)C1. The molecule has 4 nitrogen and oxygen atoms in total. The zero-order valence-corrected chi connectivity index (χ0v) is 15.3. The van der Waals surface area contributed by atoms with Crippen LogP contribution in [-0.2, 0) is 0 Å². The Labute approximate surface area is 137 Å². The Morgan fingerprint density at radius 3 is 2.05 bits per heavy atom. The molecule has 0 radical (unpaired) electrons. The Bertz CT molecular complexity index is 358. The zero-order valence-electron chi connectivity index (χ0n) is 15.3. The number of hydrogen-bond acceptors (Lipinski definition) is 4. The van der Waals surface area contributed by atoms with Gasteiger partial charge in [0.1, 0.15) is 0 Å². The number of hydrogen-bond donors (Lipinski definition) is 0. The molecule has 0 spiro atoms. The van der Waals surface area contributed by atoms with E-state index in [0.29, 0.717) is 0 Å². The third-order valence-electron chi connectivity index (χ3n) is 6.73. The standard InChI is InChI=1S/C18H36N4/c1-14(21-9-8-16(11-21)19(3)4)10-15(2)22-12-17-6-7-18(13-22)20(17)5/h14-18H,6-13H2,1-5H3/t14-,15+,16?,17?,18?/m1/s1. The van der Waals surface area contributed by atoms with Crippen molar-refractivity contribution in [2.24, 2.45) is 0 Å². The van der Waals surface area contributed by atoms with Crippen molar-refractivity contribution >= 4 is 0 Å². The lowest BCUT2D eigenvalue weighted by molar-refractivity contribution is 0.0510. The molecule has 0 N–H and O–H groups in total. The first-order valence-electron chi connectivity index (χ1n) is 9.32. The monoisotopic (exact) mass is 308 g/mol. The second kappa shape index (κ2) is 6.76. The Balaban J connectivity index is 1.49. The van der Waals surface area contributed by atoms with Crippen LogP contribution in [0.15, 0.2) is 0 Å². The highest BCUT2D eigenvalue weighted by molar-refractivity contribution is 4.96. The van der Waals surface area contributed by atoms with Gasteiger partial charge in [0.25, 0.3) is 0 Å². The predicted octanol–water partition coefficient (Wildman–Crippen LogP) is 1.57. The van der Waals surface area contributed by atoms with Crippen molar-refractivity contribution in [3.63, 3.8) is 0 Å². The van der Waals surface area contributed by atoms with E-state index in [-0.39, 0.29) is 0 Å². The number of likely N-dealkylation sites (tertiary alicyclic amines) is 2. The Morgan fingerprint density at radius 2 is 1.50 bits per heavy atom. The maximum atomic E-state index is 2.78. The van der Waals surface area contributed by atoms with Crippen molar-refractivity contribution in [3.8, 4) is 0 Å². The fourth-order valence-corrected chi connectivity index (χ4v) is 4.89. The minimum Gasteiger partial charge on any atom is -0.305 e. The van der Waals surface area contributed by atoms with E-state index in [2.05, 4.69) is 54.6 Å². The Hall–Kier alpha value is -0.160. The first-order valence-corrected chi connectivity index (χ1v) is 9.32. The van der Waals surface area contributed by atoms with Gasteiger partial charge < -0.3 is 4.90 Å². The highest BCUT2D eigenvalue weighted by atomic mass is 15.3. The van der Waals surface area contributed by atoms with Crippen molar-refractivity contribution in [2.45, 2.75) is 69.7 Å². The van der Waals surface area contributed by atoms with Gasteiger partial charge in [-0.25, -0.2) is 0 Å². The number of nitrogens with zero attached hydrogens (tertiary/aromatic N) is 4. The fourth-order valence-electron chi connectivity index (χ4n) is 4.89. The summed E-state index contributed by atoms with van der Waals surface area (Å²) < 4.78 is 0. The van der Waals surface area contributed by atoms with E-state index in [9.17, 15) is 0 Å². The molecule has 0 aromatic carbocycles. The van der Waals surface area contributed by atoms with Crippen LogP contribution in [0, 0.1) is 0 Å². The number of fused-ring (bicyclic) bond motifs is 2. The number of likely N-dealkylation sites (N-methyl/N-ethyl adjacent to an activating group) is 2. The van der Waals surface area contributed by atoms with Gasteiger partial charge in [-0.2, -0.15) is 0 Å². The predicted molar refractivity (Wildman–Crippen MR) is 93.4 cm³/mol. The summed E-state index contributed by atoms with van der Waals surface area (Å²) in [6, 6.07) is 3.85. The first kappa shape index (κ1) is 16.7. The van der Waals surface area contributed by atoms with Crippen molar-refractivity contribution in [3.05, 3.63) is 0 Å². The van der Waals surface area contributed by atoms with Crippen LogP contribution < -0.4 is 0 Å². The summed E-state index contributed by atoms with van der Waals surface area (Å²) in [5, 5.41) is 0. The second-order valence-electron chi connectivity index (χ2n) is 8.34. The van der Waals surface area contributed by atoms with E-state index in [0.717, 1.165) is 30.2 Å². The van der Waals surface area contributed by atoms with Crippen molar-refractivity contribution < 1.29 is 0 Å². The van der Waals surface area contributed by atoms with Crippen LogP contribution in [-0.4, -0.2) is 97.1 Å². The summed E-state index contributed by atoms with van der Waals surface area (Å²) in [5.74, 6) is 0. The van der Waals surface area contributed by atoms with E-state index >= 15 is 0 Å². The largest absolute Gasteiger partial charge is 0.305 e. The lowest BCUT2D eigenvalue weighted by Gasteiger charge is -2.43. The summed E-state index contributed by atoms with van der Waals surface area (Å²) in [6.45, 7) is 10.0. The first-order chi connectivity index (χ1) is 10.5. The summed E-state index contributed by atoms with van der Waals surface area (Å²) >= 11 is 0. The third-order valence-corrected chi connectivity index (χ3v) is 6.73. The van der Waals surface area contributed by atoms with E-state index in [1.54, 1.807) is 0 Å². The summed E-state index contributed by atoms with van der Waals surface area (Å²) in [5.41, 5.74) is 0. The summed E-state index contributed by atoms with van der Waals surface area (Å²) in [6.07, 6.45) is 5.49. The maximum Gasteiger partial charge on any atom is 0.0229 e. The van der Waals surface area contributed by atoms with Gasteiger partial charge in [0.15, 0.2) is 0 Å². The van der Waals surface area contributed by atoms with Gasteiger partial charge in [-0.05, 0) is 60.7 Å². The van der Waals surface area contributed by atoms with Gasteiger partial charge in [0, 0.05) is 56.4 Å². The van der Waals surface area contributed by atoms with Crippen molar-refractivity contribution in [1.29, 1.82) is 0 Å². The van der Waals surface area contributed by atoms with Crippen molar-refractivity contribution in [2.75, 3.05) is 47.3 Å². The minimum atomic E-state index is 0.720. The molecule has 3 aliphatic rings. The molecule has 0 aromatic rings. The molecular weight excluding hydrogens is 272 g/mol. The van der Waals surface area contributed by atoms with Gasteiger partial charge in [-0.3, -0.25) is 14.7 Å². The van der Waals surface area contributed by atoms with Gasteiger partial charge in [-0.1, -0.05) is 0 Å². The molecule has 0 amide bonds. The van der Waals surface area contributed by atoms with Crippen LogP contribution in [0.25, 0.3) is 0 Å². The molecular formula is C18H36N4. The maximum absolute atomic E-state index is 2.78. The molecule has 2 bridgehead atoms. The normalized spacial score (nSPS) is 37.1. The molecule has 0 aromatic heterocycles. The zero-order chi connectivity index (χ0) is 15.9. The molecule has 22 heavy (non-hydrogen) atoms. The lowest BCUT2D eigenvalue weighted by Crippen LogP contribution is -2.55. The molecule has 0 saturated carbocycles. The molecule has 128 valence electrons. The molecule has 4 heteroatoms. The molecule has 3 saturated heterocycles. The summed E-state index contributed by atoms with van der Waals surface area (Å²) in [7, 11) is 6.78. The van der Waals surface area contributed by atoms with Crippen LogP contribution in [0.2, 0.25) is 0 Å². The van der Waals surface area contributed by atoms with E-state index < -0.39 is 0 Å². The van der Waals surface area contributed by atoms with Gasteiger partial charge in [0.05, 0.1) is 0 Å². The smallest absolute Gasteiger partial charge is 0.0229 e. The highest BCUT2D eigenvalue weighted by Crippen LogP contribution is 2.30. The van der Waals surface area contributed by atoms with Gasteiger partial charge in [-0.15, -0.1) is 0 Å². The molecule has 3 heterocycles. The Kier molecular flexibility index (Phi) is 5.13. The fraction of sp³-hybridized carbons (Fsp3) is 1.00. The van der Waals surface area contributed by atoms with E-state index in [1.807, 2.05) is 0 Å². The highest BCUT2D eigenvalue weighted by Gasteiger charge is 2.39. The topological polar surface area (TPSA) is 13.0 Å². The van der Waals surface area contributed by atoms with E-state index in [1.165, 1.54) is 51.9 Å². The third kappa shape index (κ3) is 3.35. The molecule has 0 aliphatic carbocycles. The van der Waals surface area contributed by atoms with Gasteiger partial charge in [0.2, 0.25) is 0 Å². The quantitative estimate of drug-likeness (QED) is 0.764. The molecule has 3 aliphatic heterocycles. The lowest BCUT2D eigenvalue weighted by atomic mass is 10.0. The number of rotatable bonds is 5.